The minimum atomic E-state index is -0.396. The topological polar surface area (TPSA) is 57.2 Å². The lowest BCUT2D eigenvalue weighted by Crippen LogP contribution is -2.29. The van der Waals surface area contributed by atoms with Crippen LogP contribution in [0.4, 0.5) is 0 Å². The van der Waals surface area contributed by atoms with Crippen LogP contribution in [0.25, 0.3) is 11.1 Å². The van der Waals surface area contributed by atoms with Crippen LogP contribution in [-0.4, -0.2) is 44.7 Å². The molecule has 0 spiro atoms. The van der Waals surface area contributed by atoms with Crippen LogP contribution < -0.4 is 9.47 Å². The Morgan fingerprint density at radius 2 is 1.69 bits per heavy atom. The summed E-state index contributed by atoms with van der Waals surface area (Å²) in [6, 6.07) is 10.9. The van der Waals surface area contributed by atoms with Gasteiger partial charge in [0.25, 0.3) is 0 Å². The predicted molar refractivity (Wildman–Crippen MR) is 128 cm³/mol. The number of aryl methyl sites for hydroxylation is 2. The second-order valence-electron chi connectivity index (χ2n) is 8.88. The molecule has 1 aliphatic heterocycles. The number of fused-ring (bicyclic) bond motifs is 3. The fourth-order valence-electron chi connectivity index (χ4n) is 4.14. The Kier molecular flexibility index (Phi) is 8.97. The van der Waals surface area contributed by atoms with Crippen molar-refractivity contribution in [1.29, 1.82) is 0 Å². The number of aliphatic hydroxyl groups is 1. The molecule has 1 heterocycles. The van der Waals surface area contributed by atoms with Crippen molar-refractivity contribution < 1.29 is 24.1 Å². The van der Waals surface area contributed by atoms with Crippen LogP contribution in [0, 0.1) is 6.92 Å². The normalized spacial score (nSPS) is 13.9. The molecule has 5 heteroatoms. The fourth-order valence-corrected chi connectivity index (χ4v) is 4.14. The molecule has 0 amide bonds. The summed E-state index contributed by atoms with van der Waals surface area (Å²) in [5, 5.41) is 8.74. The van der Waals surface area contributed by atoms with Gasteiger partial charge in [0, 0.05) is 5.56 Å². The summed E-state index contributed by atoms with van der Waals surface area (Å²) >= 11 is 0. The summed E-state index contributed by atoms with van der Waals surface area (Å²) in [6.45, 7) is 10.8. The lowest BCUT2D eigenvalue weighted by molar-refractivity contribution is 0.0247. The van der Waals surface area contributed by atoms with E-state index in [0.717, 1.165) is 29.9 Å². The van der Waals surface area contributed by atoms with Gasteiger partial charge >= 0.3 is 0 Å². The molecule has 0 aromatic heterocycles. The number of hydrogen-bond donors (Lipinski definition) is 1. The first-order valence-corrected chi connectivity index (χ1v) is 11.8. The van der Waals surface area contributed by atoms with Crippen molar-refractivity contribution in [2.24, 2.45) is 0 Å². The summed E-state index contributed by atoms with van der Waals surface area (Å²) in [5.74, 6) is 1.76. The molecule has 2 aromatic rings. The number of aliphatic hydroxyl groups excluding tert-OH is 1. The zero-order valence-corrected chi connectivity index (χ0v) is 20.0. The molecule has 0 atom stereocenters. The van der Waals surface area contributed by atoms with Gasteiger partial charge in [-0.3, -0.25) is 0 Å². The number of ether oxygens (including phenoxy) is 4. The lowest BCUT2D eigenvalue weighted by Gasteiger charge is -2.36. The average Bonchev–Trinajstić information content (AvgIpc) is 2.75. The monoisotopic (exact) mass is 442 g/mol. The Morgan fingerprint density at radius 1 is 0.938 bits per heavy atom. The SMILES string of the molecule is CCCCCc1cc(OCCOCCOCCO)c2c(c1)OC(C)(C)c1ccc(C)cc1-2. The van der Waals surface area contributed by atoms with Crippen LogP contribution >= 0.6 is 0 Å². The molecule has 0 aliphatic carbocycles. The highest BCUT2D eigenvalue weighted by atomic mass is 16.5. The van der Waals surface area contributed by atoms with Crippen molar-refractivity contribution in [3.63, 3.8) is 0 Å². The number of unbranched alkanes of at least 4 members (excludes halogenated alkanes) is 2. The molecule has 2 aromatic carbocycles. The van der Waals surface area contributed by atoms with Crippen LogP contribution in [0.3, 0.4) is 0 Å². The quantitative estimate of drug-likeness (QED) is 0.420. The van der Waals surface area contributed by atoms with Crippen LogP contribution in [-0.2, 0) is 21.5 Å². The van der Waals surface area contributed by atoms with E-state index in [0.29, 0.717) is 33.0 Å². The van der Waals surface area contributed by atoms with Gasteiger partial charge in [-0.1, -0.05) is 43.5 Å². The molecule has 1 aliphatic rings. The van der Waals surface area contributed by atoms with Gasteiger partial charge in [-0.2, -0.15) is 0 Å². The molecule has 0 bridgehead atoms. The van der Waals surface area contributed by atoms with E-state index >= 15 is 0 Å². The van der Waals surface area contributed by atoms with Crippen molar-refractivity contribution in [3.8, 4) is 22.6 Å². The van der Waals surface area contributed by atoms with Gasteiger partial charge < -0.3 is 24.1 Å². The average molecular weight is 443 g/mol. The van der Waals surface area contributed by atoms with Crippen molar-refractivity contribution in [2.45, 2.75) is 59.0 Å². The van der Waals surface area contributed by atoms with E-state index in [9.17, 15) is 0 Å². The highest BCUT2D eigenvalue weighted by Gasteiger charge is 2.34. The molecule has 176 valence electrons. The largest absolute Gasteiger partial charge is 0.490 e. The molecular formula is C27H38O5. The Labute approximate surface area is 192 Å². The summed E-state index contributed by atoms with van der Waals surface area (Å²) in [6.07, 6.45) is 4.59. The van der Waals surface area contributed by atoms with Crippen LogP contribution in [0.1, 0.15) is 56.7 Å². The van der Waals surface area contributed by atoms with Gasteiger partial charge in [-0.05, 0) is 56.9 Å². The maximum atomic E-state index is 8.74. The van der Waals surface area contributed by atoms with E-state index in [1.807, 2.05) is 0 Å². The van der Waals surface area contributed by atoms with Crippen molar-refractivity contribution in [3.05, 3.63) is 47.0 Å². The van der Waals surface area contributed by atoms with Crippen LogP contribution in [0.5, 0.6) is 11.5 Å². The number of benzene rings is 2. The minimum absolute atomic E-state index is 0.0304. The van der Waals surface area contributed by atoms with Gasteiger partial charge in [0.1, 0.15) is 23.7 Å². The maximum absolute atomic E-state index is 8.74. The third kappa shape index (κ3) is 6.25. The predicted octanol–water partition coefficient (Wildman–Crippen LogP) is 5.43. The lowest BCUT2D eigenvalue weighted by atomic mass is 9.84. The van der Waals surface area contributed by atoms with E-state index in [1.54, 1.807) is 0 Å². The number of rotatable bonds is 13. The summed E-state index contributed by atoms with van der Waals surface area (Å²) in [4.78, 5) is 0. The zero-order valence-electron chi connectivity index (χ0n) is 20.0. The molecule has 0 saturated heterocycles. The third-order valence-corrected chi connectivity index (χ3v) is 5.75. The van der Waals surface area contributed by atoms with Gasteiger partial charge in [-0.25, -0.2) is 0 Å². The first kappa shape index (κ1) is 24.6. The van der Waals surface area contributed by atoms with Gasteiger partial charge in [0.05, 0.1) is 38.6 Å². The van der Waals surface area contributed by atoms with E-state index in [1.165, 1.54) is 35.1 Å². The van der Waals surface area contributed by atoms with E-state index < -0.39 is 5.60 Å². The van der Waals surface area contributed by atoms with Crippen LogP contribution in [0.2, 0.25) is 0 Å². The summed E-state index contributed by atoms with van der Waals surface area (Å²) in [7, 11) is 0. The first-order valence-electron chi connectivity index (χ1n) is 11.8. The Hall–Kier alpha value is -2.08. The standard InChI is InChI=1S/C27H38O5/c1-5-6-7-8-21-18-24(31-16-15-30-14-13-29-12-11-28)26-22-17-20(2)9-10-23(22)27(3,4)32-25(26)19-21/h9-10,17-19,28H,5-8,11-16H2,1-4H3. The molecule has 0 radical (unpaired) electrons. The van der Waals surface area contributed by atoms with E-state index in [2.05, 4.69) is 58.0 Å². The highest BCUT2D eigenvalue weighted by Crippen LogP contribution is 2.50. The third-order valence-electron chi connectivity index (χ3n) is 5.75. The van der Waals surface area contributed by atoms with Crippen molar-refractivity contribution in [2.75, 3.05) is 39.6 Å². The zero-order chi connectivity index (χ0) is 23.0. The first-order chi connectivity index (χ1) is 15.5. The summed E-state index contributed by atoms with van der Waals surface area (Å²) < 4.78 is 23.6. The van der Waals surface area contributed by atoms with Crippen molar-refractivity contribution in [1.82, 2.24) is 0 Å². The number of hydrogen-bond acceptors (Lipinski definition) is 5. The molecular weight excluding hydrogens is 404 g/mol. The smallest absolute Gasteiger partial charge is 0.132 e. The molecule has 0 fully saturated rings. The molecule has 1 N–H and O–H groups in total. The second kappa shape index (κ2) is 11.7. The van der Waals surface area contributed by atoms with E-state index in [4.69, 9.17) is 24.1 Å². The van der Waals surface area contributed by atoms with Gasteiger partial charge in [-0.15, -0.1) is 0 Å². The van der Waals surface area contributed by atoms with Gasteiger partial charge in [0.2, 0.25) is 0 Å². The Morgan fingerprint density at radius 3 is 2.44 bits per heavy atom. The van der Waals surface area contributed by atoms with Gasteiger partial charge in [0.15, 0.2) is 0 Å². The summed E-state index contributed by atoms with van der Waals surface area (Å²) in [5.41, 5.74) is 5.47. The fraction of sp³-hybridized carbons (Fsp3) is 0.556. The van der Waals surface area contributed by atoms with Crippen LogP contribution in [0.15, 0.2) is 30.3 Å². The van der Waals surface area contributed by atoms with Crippen molar-refractivity contribution >= 4 is 0 Å². The maximum Gasteiger partial charge on any atom is 0.132 e. The molecule has 32 heavy (non-hydrogen) atoms. The molecule has 5 nitrogen and oxygen atoms in total. The Bertz CT molecular complexity index is 875. The molecule has 3 rings (SSSR count). The second-order valence-corrected chi connectivity index (χ2v) is 8.88. The highest BCUT2D eigenvalue weighted by molar-refractivity contribution is 5.82. The minimum Gasteiger partial charge on any atom is -0.490 e. The molecule has 0 unspecified atom stereocenters. The Balaban J connectivity index is 1.81. The van der Waals surface area contributed by atoms with E-state index in [-0.39, 0.29) is 6.61 Å². The molecule has 0 saturated carbocycles.